The number of benzene rings is 1. The van der Waals surface area contributed by atoms with Crippen LogP contribution in [-0.2, 0) is 9.59 Å². The maximum absolute atomic E-state index is 12.4. The second-order valence-electron chi connectivity index (χ2n) is 5.75. The molecule has 2 N–H and O–H groups in total. The van der Waals surface area contributed by atoms with E-state index < -0.39 is 12.0 Å². The van der Waals surface area contributed by atoms with Crippen LogP contribution in [0.5, 0.6) is 0 Å². The van der Waals surface area contributed by atoms with Crippen molar-refractivity contribution in [3.8, 4) is 0 Å². The summed E-state index contributed by atoms with van der Waals surface area (Å²) in [6.45, 7) is 2.03. The first-order valence-corrected chi connectivity index (χ1v) is 8.55. The first kappa shape index (κ1) is 16.0. The van der Waals surface area contributed by atoms with Gasteiger partial charge in [0.1, 0.15) is 0 Å². The number of amides is 1. The molecule has 4 nitrogen and oxygen atoms in total. The zero-order valence-electron chi connectivity index (χ0n) is 12.5. The van der Waals surface area contributed by atoms with Crippen LogP contribution in [-0.4, -0.2) is 17.0 Å². The molecule has 1 aromatic heterocycles. The number of carbonyl (C=O) groups is 2. The van der Waals surface area contributed by atoms with E-state index >= 15 is 0 Å². The second-order valence-corrected chi connectivity index (χ2v) is 7.13. The van der Waals surface area contributed by atoms with Crippen LogP contribution in [0.15, 0.2) is 35.7 Å². The number of hydrogen-bond donors (Lipinski definition) is 2. The standard InChI is InChI=1S/C17H16ClNO3S/c1-9-6-7-23-15(9)12-8-13(12)16(20)19-14(17(21)22)10-2-4-11(18)5-3-10/h2-7,12-14H,8H2,1H3,(H,19,20)(H,21,22). The van der Waals surface area contributed by atoms with Gasteiger partial charge in [-0.15, -0.1) is 11.3 Å². The van der Waals surface area contributed by atoms with Gasteiger partial charge < -0.3 is 10.4 Å². The molecule has 0 bridgehead atoms. The highest BCUT2D eigenvalue weighted by Crippen LogP contribution is 2.50. The third-order valence-corrected chi connectivity index (χ3v) is 5.51. The van der Waals surface area contributed by atoms with Gasteiger partial charge in [-0.25, -0.2) is 4.79 Å². The minimum Gasteiger partial charge on any atom is -0.479 e. The quantitative estimate of drug-likeness (QED) is 0.863. The number of rotatable bonds is 5. The number of thiophene rings is 1. The Hall–Kier alpha value is -1.85. The van der Waals surface area contributed by atoms with Gasteiger partial charge in [0, 0.05) is 21.7 Å². The van der Waals surface area contributed by atoms with Crippen molar-refractivity contribution in [2.24, 2.45) is 5.92 Å². The Kier molecular flexibility index (Phi) is 4.41. The largest absolute Gasteiger partial charge is 0.479 e. The van der Waals surface area contributed by atoms with Crippen molar-refractivity contribution in [3.05, 3.63) is 56.7 Å². The van der Waals surface area contributed by atoms with Crippen LogP contribution in [0, 0.1) is 12.8 Å². The fourth-order valence-electron chi connectivity index (χ4n) is 2.73. The Balaban J connectivity index is 1.69. The Morgan fingerprint density at radius 2 is 2.00 bits per heavy atom. The van der Waals surface area contributed by atoms with Gasteiger partial charge in [0.05, 0.1) is 0 Å². The summed E-state index contributed by atoms with van der Waals surface area (Å²) in [7, 11) is 0. The van der Waals surface area contributed by atoms with E-state index in [9.17, 15) is 14.7 Å². The molecule has 0 radical (unpaired) electrons. The minimum absolute atomic E-state index is 0.137. The lowest BCUT2D eigenvalue weighted by molar-refractivity contribution is -0.142. The van der Waals surface area contributed by atoms with Gasteiger partial charge in [-0.2, -0.15) is 0 Å². The third kappa shape index (κ3) is 3.41. The van der Waals surface area contributed by atoms with Crippen molar-refractivity contribution in [1.82, 2.24) is 5.32 Å². The predicted molar refractivity (Wildman–Crippen MR) is 89.9 cm³/mol. The summed E-state index contributed by atoms with van der Waals surface area (Å²) in [6, 6.07) is 7.47. The maximum atomic E-state index is 12.4. The molecule has 1 aliphatic carbocycles. The Bertz CT molecular complexity index is 741. The fourth-order valence-corrected chi connectivity index (χ4v) is 3.96. The zero-order chi connectivity index (χ0) is 16.6. The van der Waals surface area contributed by atoms with Crippen molar-refractivity contribution >= 4 is 34.8 Å². The van der Waals surface area contributed by atoms with Crippen molar-refractivity contribution in [3.63, 3.8) is 0 Å². The molecule has 1 aromatic carbocycles. The number of hydrogen-bond acceptors (Lipinski definition) is 3. The average molecular weight is 350 g/mol. The molecule has 1 heterocycles. The van der Waals surface area contributed by atoms with E-state index in [1.54, 1.807) is 35.6 Å². The first-order valence-electron chi connectivity index (χ1n) is 7.30. The second kappa shape index (κ2) is 6.34. The smallest absolute Gasteiger partial charge is 0.330 e. The summed E-state index contributed by atoms with van der Waals surface area (Å²) < 4.78 is 0. The molecule has 6 heteroatoms. The number of halogens is 1. The molecule has 1 amide bonds. The van der Waals surface area contributed by atoms with Gasteiger partial charge in [-0.3, -0.25) is 4.79 Å². The highest BCUT2D eigenvalue weighted by atomic mass is 35.5. The lowest BCUT2D eigenvalue weighted by Gasteiger charge is -2.15. The Morgan fingerprint density at radius 3 is 2.57 bits per heavy atom. The van der Waals surface area contributed by atoms with E-state index in [0.717, 1.165) is 6.42 Å². The van der Waals surface area contributed by atoms with E-state index in [1.807, 2.05) is 18.4 Å². The summed E-state index contributed by atoms with van der Waals surface area (Å²) in [6.07, 6.45) is 0.778. The summed E-state index contributed by atoms with van der Waals surface area (Å²) in [5, 5.41) is 14.6. The van der Waals surface area contributed by atoms with Crippen LogP contribution in [0.1, 0.15) is 34.4 Å². The minimum atomic E-state index is -1.08. The summed E-state index contributed by atoms with van der Waals surface area (Å²) >= 11 is 7.47. The summed E-state index contributed by atoms with van der Waals surface area (Å²) in [5.74, 6) is -1.20. The van der Waals surface area contributed by atoms with Crippen molar-refractivity contribution in [2.45, 2.75) is 25.3 Å². The van der Waals surface area contributed by atoms with Crippen LogP contribution in [0.25, 0.3) is 0 Å². The molecule has 0 saturated heterocycles. The number of carboxylic acids is 1. The normalized spacial score (nSPS) is 20.8. The van der Waals surface area contributed by atoms with Crippen LogP contribution in [0.2, 0.25) is 5.02 Å². The lowest BCUT2D eigenvalue weighted by atomic mass is 10.1. The van der Waals surface area contributed by atoms with E-state index in [2.05, 4.69) is 5.32 Å². The molecular formula is C17H16ClNO3S. The number of aliphatic carboxylic acids is 1. The fraction of sp³-hybridized carbons (Fsp3) is 0.294. The monoisotopic (exact) mass is 349 g/mol. The van der Waals surface area contributed by atoms with Crippen molar-refractivity contribution < 1.29 is 14.7 Å². The van der Waals surface area contributed by atoms with Crippen molar-refractivity contribution in [1.29, 1.82) is 0 Å². The maximum Gasteiger partial charge on any atom is 0.330 e. The molecule has 3 unspecified atom stereocenters. The molecule has 0 aliphatic heterocycles. The molecule has 1 fully saturated rings. The highest BCUT2D eigenvalue weighted by molar-refractivity contribution is 7.10. The lowest BCUT2D eigenvalue weighted by Crippen LogP contribution is -2.35. The number of aryl methyl sites for hydroxylation is 1. The SMILES string of the molecule is Cc1ccsc1C1CC1C(=O)NC(C(=O)O)c1ccc(Cl)cc1. The van der Waals surface area contributed by atoms with E-state index in [1.165, 1.54) is 10.4 Å². The van der Waals surface area contributed by atoms with Crippen LogP contribution in [0.3, 0.4) is 0 Å². The summed E-state index contributed by atoms with van der Waals surface area (Å²) in [4.78, 5) is 25.1. The zero-order valence-corrected chi connectivity index (χ0v) is 14.0. The molecular weight excluding hydrogens is 334 g/mol. The topological polar surface area (TPSA) is 66.4 Å². The molecule has 3 rings (SSSR count). The molecule has 2 aromatic rings. The Labute approximate surface area is 143 Å². The highest BCUT2D eigenvalue weighted by Gasteiger charge is 2.46. The van der Waals surface area contributed by atoms with Gasteiger partial charge in [0.25, 0.3) is 0 Å². The predicted octanol–water partition coefficient (Wildman–Crippen LogP) is 3.76. The van der Waals surface area contributed by atoms with Gasteiger partial charge in [-0.1, -0.05) is 23.7 Å². The molecule has 23 heavy (non-hydrogen) atoms. The molecule has 3 atom stereocenters. The molecule has 1 saturated carbocycles. The number of carboxylic acid groups (broad SMARTS) is 1. The van der Waals surface area contributed by atoms with Gasteiger partial charge in [0.2, 0.25) is 5.91 Å². The Morgan fingerprint density at radius 1 is 1.30 bits per heavy atom. The van der Waals surface area contributed by atoms with Crippen LogP contribution in [0.4, 0.5) is 0 Å². The third-order valence-electron chi connectivity index (χ3n) is 4.10. The molecule has 120 valence electrons. The molecule has 0 spiro atoms. The van der Waals surface area contributed by atoms with Gasteiger partial charge in [-0.05, 0) is 48.1 Å². The van der Waals surface area contributed by atoms with Crippen molar-refractivity contribution in [2.75, 3.05) is 0 Å². The van der Waals surface area contributed by atoms with E-state index in [0.29, 0.717) is 10.6 Å². The summed E-state index contributed by atoms with van der Waals surface area (Å²) in [5.41, 5.74) is 1.71. The first-order chi connectivity index (χ1) is 11.0. The van der Waals surface area contributed by atoms with E-state index in [4.69, 9.17) is 11.6 Å². The number of nitrogens with one attached hydrogen (secondary N) is 1. The van der Waals surface area contributed by atoms with Gasteiger partial charge in [0.15, 0.2) is 6.04 Å². The number of carbonyl (C=O) groups excluding carboxylic acids is 1. The van der Waals surface area contributed by atoms with Crippen LogP contribution >= 0.6 is 22.9 Å². The van der Waals surface area contributed by atoms with Crippen LogP contribution < -0.4 is 5.32 Å². The van der Waals surface area contributed by atoms with Gasteiger partial charge >= 0.3 is 5.97 Å². The van der Waals surface area contributed by atoms with E-state index in [-0.39, 0.29) is 17.7 Å². The molecule has 1 aliphatic rings. The average Bonchev–Trinajstić information content (AvgIpc) is 3.20.